The van der Waals surface area contributed by atoms with E-state index in [2.05, 4.69) is 4.74 Å². The van der Waals surface area contributed by atoms with Crippen molar-refractivity contribution in [1.29, 1.82) is 0 Å². The molecule has 0 aliphatic heterocycles. The van der Waals surface area contributed by atoms with Crippen molar-refractivity contribution in [2.24, 2.45) is 5.73 Å². The Bertz CT molecular complexity index is 515. The molecule has 0 radical (unpaired) electrons. The molecule has 0 bridgehead atoms. The number of carbonyl (C=O) groups excluding carboxylic acids is 1. The van der Waals surface area contributed by atoms with Crippen LogP contribution in [0.5, 0.6) is 0 Å². The van der Waals surface area contributed by atoms with Gasteiger partial charge < -0.3 is 11.1 Å². The van der Waals surface area contributed by atoms with Crippen LogP contribution in [0.15, 0.2) is 24.3 Å². The summed E-state index contributed by atoms with van der Waals surface area (Å²) in [4.78, 5) is 11.6. The van der Waals surface area contributed by atoms with Crippen LogP contribution in [-0.2, 0) is 15.7 Å². The van der Waals surface area contributed by atoms with E-state index in [-0.39, 0.29) is 5.56 Å². The molecule has 3 N–H and O–H groups in total. The first-order valence-electron chi connectivity index (χ1n) is 5.92. The van der Waals surface area contributed by atoms with E-state index in [9.17, 15) is 31.1 Å². The molecule has 22 heavy (non-hydrogen) atoms. The highest BCUT2D eigenvalue weighted by molar-refractivity contribution is 5.82. The van der Waals surface area contributed by atoms with E-state index in [0.29, 0.717) is 6.07 Å². The van der Waals surface area contributed by atoms with E-state index in [1.807, 2.05) is 5.32 Å². The quantitative estimate of drug-likeness (QED) is 0.643. The fraction of sp³-hybridized carbons (Fsp3) is 0.417. The number of rotatable bonds is 5. The summed E-state index contributed by atoms with van der Waals surface area (Å²) < 4.78 is 76.1. The monoisotopic (exact) mass is 330 g/mol. The molecule has 0 saturated heterocycles. The number of benzene rings is 1. The number of hydrogen-bond donors (Lipinski definition) is 2. The Balaban J connectivity index is 2.60. The van der Waals surface area contributed by atoms with E-state index in [0.717, 1.165) is 12.1 Å². The van der Waals surface area contributed by atoms with Gasteiger partial charge in [-0.1, -0.05) is 12.1 Å². The highest BCUT2D eigenvalue weighted by atomic mass is 19.4. The minimum atomic E-state index is -4.83. The largest absolute Gasteiger partial charge is 0.522 e. The van der Waals surface area contributed by atoms with Crippen LogP contribution in [0.3, 0.4) is 0 Å². The fourth-order valence-corrected chi connectivity index (χ4v) is 1.51. The minimum absolute atomic E-state index is 0.107. The van der Waals surface area contributed by atoms with Crippen LogP contribution >= 0.6 is 0 Å². The van der Waals surface area contributed by atoms with Crippen LogP contribution in [0, 0.1) is 0 Å². The second-order valence-corrected chi connectivity index (χ2v) is 4.19. The first-order valence-corrected chi connectivity index (χ1v) is 5.92. The van der Waals surface area contributed by atoms with Gasteiger partial charge in [0.05, 0.1) is 12.2 Å². The van der Waals surface area contributed by atoms with E-state index in [4.69, 9.17) is 5.73 Å². The number of carbonyl (C=O) groups is 1. The van der Waals surface area contributed by atoms with Crippen molar-refractivity contribution in [3.63, 3.8) is 0 Å². The first-order chi connectivity index (χ1) is 10.0. The van der Waals surface area contributed by atoms with Crippen molar-refractivity contribution in [1.82, 2.24) is 5.32 Å². The molecule has 1 aromatic rings. The normalized spacial score (nSPS) is 13.8. The van der Waals surface area contributed by atoms with Crippen LogP contribution in [0.1, 0.15) is 17.2 Å². The third kappa shape index (κ3) is 5.90. The maximum atomic E-state index is 12.5. The topological polar surface area (TPSA) is 64.4 Å². The molecule has 0 aliphatic rings. The predicted molar refractivity (Wildman–Crippen MR) is 63.4 cm³/mol. The Hall–Kier alpha value is -1.81. The smallest absolute Gasteiger partial charge is 0.352 e. The van der Waals surface area contributed by atoms with Gasteiger partial charge in [-0.25, -0.2) is 0 Å². The van der Waals surface area contributed by atoms with Gasteiger partial charge >= 0.3 is 12.5 Å². The van der Waals surface area contributed by atoms with Crippen LogP contribution in [-0.4, -0.2) is 25.4 Å². The van der Waals surface area contributed by atoms with E-state index >= 15 is 0 Å². The molecule has 1 rings (SSSR count). The number of hydrogen-bond acceptors (Lipinski definition) is 3. The van der Waals surface area contributed by atoms with Crippen LogP contribution < -0.4 is 11.1 Å². The summed E-state index contributed by atoms with van der Waals surface area (Å²) in [5, 5.41) is 2.04. The Morgan fingerprint density at radius 1 is 1.23 bits per heavy atom. The standard InChI is InChI=1S/C12H12F6N2O2/c13-11(14,15)8-3-1-2-7(6-8)9(19)10(21)20-4-5-22-12(16,17)18/h1-3,6,9H,4-5,19H2,(H,20,21). The molecule has 0 fully saturated rings. The highest BCUT2D eigenvalue weighted by Crippen LogP contribution is 2.30. The molecular formula is C12H12F6N2O2. The molecule has 0 spiro atoms. The van der Waals surface area contributed by atoms with Crippen molar-refractivity contribution in [3.8, 4) is 0 Å². The Morgan fingerprint density at radius 2 is 1.86 bits per heavy atom. The SMILES string of the molecule is NC(C(=O)NCCOC(F)(F)F)c1cccc(C(F)(F)F)c1. The van der Waals surface area contributed by atoms with Gasteiger partial charge in [0.1, 0.15) is 6.04 Å². The first kappa shape index (κ1) is 18.2. The second kappa shape index (κ2) is 6.97. The summed E-state index contributed by atoms with van der Waals surface area (Å²) in [5.74, 6) is -0.912. The Kier molecular flexibility index (Phi) is 5.78. The van der Waals surface area contributed by atoms with Gasteiger partial charge in [0.15, 0.2) is 0 Å². The fourth-order valence-electron chi connectivity index (χ4n) is 1.51. The van der Waals surface area contributed by atoms with Gasteiger partial charge in [-0.2, -0.15) is 13.2 Å². The maximum absolute atomic E-state index is 12.5. The third-order valence-electron chi connectivity index (χ3n) is 2.52. The Morgan fingerprint density at radius 3 is 2.41 bits per heavy atom. The minimum Gasteiger partial charge on any atom is -0.352 e. The van der Waals surface area contributed by atoms with Gasteiger partial charge in [-0.05, 0) is 17.7 Å². The average molecular weight is 330 g/mol. The van der Waals surface area contributed by atoms with Crippen LogP contribution in [0.4, 0.5) is 26.3 Å². The van der Waals surface area contributed by atoms with Gasteiger partial charge in [0.2, 0.25) is 5.91 Å². The van der Waals surface area contributed by atoms with Crippen molar-refractivity contribution >= 4 is 5.91 Å². The highest BCUT2D eigenvalue weighted by Gasteiger charge is 2.31. The molecule has 1 atom stereocenters. The Labute approximate surface area is 121 Å². The van der Waals surface area contributed by atoms with Crippen LogP contribution in [0.2, 0.25) is 0 Å². The lowest BCUT2D eigenvalue weighted by Gasteiger charge is -2.15. The van der Waals surface area contributed by atoms with Crippen molar-refractivity contribution in [2.45, 2.75) is 18.6 Å². The number of alkyl halides is 6. The van der Waals surface area contributed by atoms with E-state index < -0.39 is 43.2 Å². The van der Waals surface area contributed by atoms with Crippen LogP contribution in [0.25, 0.3) is 0 Å². The number of amides is 1. The molecule has 10 heteroatoms. The maximum Gasteiger partial charge on any atom is 0.522 e. The number of halogens is 6. The summed E-state index contributed by atoms with van der Waals surface area (Å²) in [6, 6.07) is 2.37. The zero-order chi connectivity index (χ0) is 17.0. The molecule has 1 aromatic carbocycles. The van der Waals surface area contributed by atoms with Gasteiger partial charge in [0, 0.05) is 6.54 Å². The average Bonchev–Trinajstić information content (AvgIpc) is 2.40. The van der Waals surface area contributed by atoms with Gasteiger partial charge in [0.25, 0.3) is 0 Å². The molecular weight excluding hydrogens is 318 g/mol. The lowest BCUT2D eigenvalue weighted by Crippen LogP contribution is -2.36. The predicted octanol–water partition coefficient (Wildman–Crippen LogP) is 2.36. The summed E-state index contributed by atoms with van der Waals surface area (Å²) in [7, 11) is 0. The second-order valence-electron chi connectivity index (χ2n) is 4.19. The van der Waals surface area contributed by atoms with Gasteiger partial charge in [-0.15, -0.1) is 13.2 Å². The molecule has 124 valence electrons. The van der Waals surface area contributed by atoms with Crippen molar-refractivity contribution < 1.29 is 35.9 Å². The molecule has 1 amide bonds. The molecule has 4 nitrogen and oxygen atoms in total. The van der Waals surface area contributed by atoms with Crippen molar-refractivity contribution in [2.75, 3.05) is 13.2 Å². The number of nitrogens with one attached hydrogen (secondary N) is 1. The summed E-state index contributed by atoms with van der Waals surface area (Å²) >= 11 is 0. The summed E-state index contributed by atoms with van der Waals surface area (Å²) in [6.07, 6.45) is -9.42. The summed E-state index contributed by atoms with van der Waals surface area (Å²) in [5.41, 5.74) is 4.39. The number of nitrogens with two attached hydrogens (primary N) is 1. The molecule has 0 saturated carbocycles. The summed E-state index contributed by atoms with van der Waals surface area (Å²) in [6.45, 7) is -1.31. The number of ether oxygens (including phenoxy) is 1. The molecule has 0 aliphatic carbocycles. The molecule has 0 heterocycles. The zero-order valence-corrected chi connectivity index (χ0v) is 11.0. The van der Waals surface area contributed by atoms with E-state index in [1.54, 1.807) is 0 Å². The van der Waals surface area contributed by atoms with E-state index in [1.165, 1.54) is 6.07 Å². The van der Waals surface area contributed by atoms with Crippen molar-refractivity contribution in [3.05, 3.63) is 35.4 Å². The lowest BCUT2D eigenvalue weighted by molar-refractivity contribution is -0.323. The lowest BCUT2D eigenvalue weighted by atomic mass is 10.0. The van der Waals surface area contributed by atoms with Gasteiger partial charge in [-0.3, -0.25) is 9.53 Å². The zero-order valence-electron chi connectivity index (χ0n) is 11.0. The molecule has 0 aromatic heterocycles. The molecule has 1 unspecified atom stereocenters. The third-order valence-corrected chi connectivity index (χ3v) is 2.52.